The second-order valence-corrected chi connectivity index (χ2v) is 10.8. The molecule has 0 saturated carbocycles. The van der Waals surface area contributed by atoms with Crippen LogP contribution < -0.4 is 10.1 Å². The van der Waals surface area contributed by atoms with Gasteiger partial charge in [0.05, 0.1) is 38.5 Å². The number of amides is 1. The molecule has 4 heterocycles. The number of nitrogens with one attached hydrogen (secondary N) is 1. The molecule has 2 aromatic rings. The fourth-order valence-corrected chi connectivity index (χ4v) is 5.34. The van der Waals surface area contributed by atoms with Crippen molar-refractivity contribution in [2.24, 2.45) is 0 Å². The second-order valence-electron chi connectivity index (χ2n) is 10.8. The summed E-state index contributed by atoms with van der Waals surface area (Å²) >= 11 is 0. The maximum Gasteiger partial charge on any atom is 0.409 e. The van der Waals surface area contributed by atoms with E-state index in [-0.39, 0.29) is 24.3 Å². The number of benzene rings is 1. The molecule has 0 spiro atoms. The molecule has 1 N–H and O–H groups in total. The Morgan fingerprint density at radius 3 is 2.64 bits per heavy atom. The Balaban J connectivity index is 1.21. The Bertz CT molecular complexity index is 1450. The first-order chi connectivity index (χ1) is 21.4. The number of carbonyl (C=O) groups is 1. The quantitative estimate of drug-likeness (QED) is 0.423. The van der Waals surface area contributed by atoms with Crippen molar-refractivity contribution in [3.05, 3.63) is 66.3 Å². The van der Waals surface area contributed by atoms with Crippen molar-refractivity contribution in [3.8, 4) is 23.2 Å². The number of allylic oxidation sites excluding steroid dienone is 4. The van der Waals surface area contributed by atoms with E-state index in [1.807, 2.05) is 25.2 Å². The van der Waals surface area contributed by atoms with Crippen LogP contribution in [-0.4, -0.2) is 114 Å². The van der Waals surface area contributed by atoms with Gasteiger partial charge in [0.2, 0.25) is 5.95 Å². The lowest BCUT2D eigenvalue weighted by Crippen LogP contribution is -2.56. The number of alkyl halides is 1. The van der Waals surface area contributed by atoms with Crippen molar-refractivity contribution in [1.82, 2.24) is 29.7 Å². The van der Waals surface area contributed by atoms with Crippen LogP contribution in [0.25, 0.3) is 11.4 Å². The van der Waals surface area contributed by atoms with Gasteiger partial charge in [-0.3, -0.25) is 4.90 Å². The monoisotopic (exact) mass is 604 g/mol. The van der Waals surface area contributed by atoms with Gasteiger partial charge in [-0.15, -0.1) is 0 Å². The first-order valence-electron chi connectivity index (χ1n) is 14.6. The molecule has 3 aliphatic rings. The van der Waals surface area contributed by atoms with Crippen molar-refractivity contribution in [2.75, 3.05) is 64.9 Å². The van der Waals surface area contributed by atoms with E-state index in [0.29, 0.717) is 29.9 Å². The molecule has 3 saturated heterocycles. The highest BCUT2D eigenvalue weighted by Gasteiger charge is 2.34. The largest absolute Gasteiger partial charge is 0.486 e. The van der Waals surface area contributed by atoms with E-state index >= 15 is 0 Å². The topological polar surface area (TPSA) is 129 Å². The van der Waals surface area contributed by atoms with Crippen molar-refractivity contribution in [1.29, 1.82) is 5.26 Å². The first kappa shape index (κ1) is 30.9. The number of rotatable bonds is 9. The first-order valence-corrected chi connectivity index (χ1v) is 14.6. The minimum atomic E-state index is -1.42. The molecule has 1 aromatic carbocycles. The highest BCUT2D eigenvalue weighted by atomic mass is 19.1. The molecule has 13 heteroatoms. The van der Waals surface area contributed by atoms with Crippen LogP contribution in [0.1, 0.15) is 18.9 Å². The smallest absolute Gasteiger partial charge is 0.409 e. The van der Waals surface area contributed by atoms with Gasteiger partial charge in [0.25, 0.3) is 0 Å². The Morgan fingerprint density at radius 1 is 1.18 bits per heavy atom. The zero-order valence-electron chi connectivity index (χ0n) is 25.0. The number of anilines is 1. The lowest BCUT2D eigenvalue weighted by Gasteiger charge is -2.43. The van der Waals surface area contributed by atoms with Crippen molar-refractivity contribution in [2.45, 2.75) is 31.7 Å². The van der Waals surface area contributed by atoms with Crippen LogP contribution in [0.3, 0.4) is 0 Å². The normalized spacial score (nSPS) is 21.7. The van der Waals surface area contributed by atoms with Crippen LogP contribution in [-0.2, 0) is 9.47 Å². The third kappa shape index (κ3) is 7.32. The maximum atomic E-state index is 14.8. The van der Waals surface area contributed by atoms with Crippen LogP contribution in [0, 0.1) is 11.3 Å². The predicted octanol–water partition coefficient (Wildman–Crippen LogP) is 3.37. The number of halogens is 1. The van der Waals surface area contributed by atoms with Crippen molar-refractivity contribution in [3.63, 3.8) is 0 Å². The van der Waals surface area contributed by atoms with Crippen LogP contribution in [0.4, 0.5) is 15.1 Å². The number of ether oxygens (including phenoxy) is 3. The molecule has 0 radical (unpaired) electrons. The Labute approximate surface area is 256 Å². The number of nitrogens with zero attached hydrogens (tertiary/aromatic N) is 7. The van der Waals surface area contributed by atoms with E-state index in [1.54, 1.807) is 18.2 Å². The van der Waals surface area contributed by atoms with E-state index in [9.17, 15) is 14.4 Å². The number of methoxy groups -OCH3 is 1. The van der Waals surface area contributed by atoms with Gasteiger partial charge < -0.3 is 29.3 Å². The van der Waals surface area contributed by atoms with Gasteiger partial charge >= 0.3 is 6.09 Å². The lowest BCUT2D eigenvalue weighted by atomic mass is 10.1. The molecule has 3 fully saturated rings. The minimum Gasteiger partial charge on any atom is -0.486 e. The summed E-state index contributed by atoms with van der Waals surface area (Å²) in [7, 11) is 1.26. The van der Waals surface area contributed by atoms with Gasteiger partial charge in [0, 0.05) is 56.1 Å². The Kier molecular flexibility index (Phi) is 10.0. The highest BCUT2D eigenvalue weighted by molar-refractivity contribution is 5.67. The van der Waals surface area contributed by atoms with Crippen LogP contribution >= 0.6 is 0 Å². The summed E-state index contributed by atoms with van der Waals surface area (Å²) < 4.78 is 30.6. The average Bonchev–Trinajstić information content (AvgIpc) is 3.02. The SMILES string of the molecule is C=C/C(=C\C=C(/C)Nc1ncnc(-c2ccc(O[C@H]3CCN(C(=O)OC)C[C@H]3F)c(C#N)c2)n1)N1CCN(C2COC2)CC1. The number of likely N-dealkylation sites (tertiary alicyclic amines) is 1. The molecule has 5 rings (SSSR count). The van der Waals surface area contributed by atoms with Crippen molar-refractivity contribution >= 4 is 12.0 Å². The molecular formula is C31H37FN8O4. The summed E-state index contributed by atoms with van der Waals surface area (Å²) in [6.45, 7) is 11.6. The molecule has 12 nitrogen and oxygen atoms in total. The number of hydrogen-bond donors (Lipinski definition) is 1. The summed E-state index contributed by atoms with van der Waals surface area (Å²) in [6, 6.07) is 7.59. The van der Waals surface area contributed by atoms with E-state index in [4.69, 9.17) is 9.47 Å². The number of aromatic nitrogens is 3. The number of piperidine rings is 1. The molecule has 3 aliphatic heterocycles. The third-order valence-electron chi connectivity index (χ3n) is 7.96. The van der Waals surface area contributed by atoms with Crippen LogP contribution in [0.2, 0.25) is 0 Å². The second kappa shape index (κ2) is 14.3. The fraction of sp³-hybridized carbons (Fsp3) is 0.452. The van der Waals surface area contributed by atoms with Crippen LogP contribution in [0.15, 0.2) is 60.7 Å². The van der Waals surface area contributed by atoms with Gasteiger partial charge in [0.1, 0.15) is 24.3 Å². The van der Waals surface area contributed by atoms with Gasteiger partial charge in [-0.2, -0.15) is 10.2 Å². The van der Waals surface area contributed by atoms with E-state index in [1.165, 1.54) is 18.3 Å². The van der Waals surface area contributed by atoms with Crippen LogP contribution in [0.5, 0.6) is 5.75 Å². The maximum absolute atomic E-state index is 14.8. The zero-order chi connectivity index (χ0) is 31.1. The highest BCUT2D eigenvalue weighted by Crippen LogP contribution is 2.28. The molecule has 1 amide bonds. The average molecular weight is 605 g/mol. The summed E-state index contributed by atoms with van der Waals surface area (Å²) in [5.41, 5.74) is 2.68. The molecule has 44 heavy (non-hydrogen) atoms. The van der Waals surface area contributed by atoms with Gasteiger partial charge in [-0.05, 0) is 43.4 Å². The zero-order valence-corrected chi connectivity index (χ0v) is 25.0. The molecule has 0 bridgehead atoms. The predicted molar refractivity (Wildman–Crippen MR) is 161 cm³/mol. The minimum absolute atomic E-state index is 0.135. The number of nitriles is 1. The molecule has 0 aliphatic carbocycles. The fourth-order valence-electron chi connectivity index (χ4n) is 5.34. The third-order valence-corrected chi connectivity index (χ3v) is 7.96. The molecule has 2 atom stereocenters. The summed E-state index contributed by atoms with van der Waals surface area (Å²) in [4.78, 5) is 30.9. The molecule has 1 aromatic heterocycles. The number of carbonyl (C=O) groups excluding carboxylic acids is 1. The standard InChI is InChI=1S/C31H37FN8O4/c1-4-24(38-11-13-39(14-12-38)25-18-43-19-25)7-5-21(2)36-30-35-20-34-29(37-30)22-6-8-27(23(15-22)16-33)44-28-9-10-40(17-26(28)32)31(41)42-3/h4-8,15,20,25-26,28H,1,9-14,17-19H2,2-3H3,(H,34,35,36,37)/b21-5+,24-7+/t26-,28+/m1/s1. The lowest BCUT2D eigenvalue weighted by molar-refractivity contribution is -0.0745. The molecular weight excluding hydrogens is 567 g/mol. The number of hydrogen-bond acceptors (Lipinski definition) is 11. The Morgan fingerprint density at radius 2 is 1.98 bits per heavy atom. The van der Waals surface area contributed by atoms with Gasteiger partial charge in [-0.1, -0.05) is 6.58 Å². The molecule has 0 unspecified atom stereocenters. The van der Waals surface area contributed by atoms with Crippen molar-refractivity contribution < 1.29 is 23.4 Å². The summed E-state index contributed by atoms with van der Waals surface area (Å²) in [6.07, 6.45) is 4.73. The van der Waals surface area contributed by atoms with E-state index < -0.39 is 18.4 Å². The van der Waals surface area contributed by atoms with E-state index in [2.05, 4.69) is 47.5 Å². The van der Waals surface area contributed by atoms with E-state index in [0.717, 1.165) is 50.8 Å². The Hall–Kier alpha value is -4.54. The number of piperazine rings is 1. The summed E-state index contributed by atoms with van der Waals surface area (Å²) in [5.74, 6) is 0.972. The molecule has 232 valence electrons. The van der Waals surface area contributed by atoms with Gasteiger partial charge in [0.15, 0.2) is 12.0 Å². The van der Waals surface area contributed by atoms with Gasteiger partial charge in [-0.25, -0.2) is 19.2 Å². The summed E-state index contributed by atoms with van der Waals surface area (Å²) in [5, 5.41) is 13.0.